The van der Waals surface area contributed by atoms with Gasteiger partial charge in [0.1, 0.15) is 11.9 Å². The fourth-order valence-corrected chi connectivity index (χ4v) is 7.88. The van der Waals surface area contributed by atoms with Crippen LogP contribution in [0.1, 0.15) is 45.4 Å². The number of rotatable bonds is 6. The van der Waals surface area contributed by atoms with Gasteiger partial charge in [0.15, 0.2) is 0 Å². The second-order valence-electron chi connectivity index (χ2n) is 10.3. The van der Waals surface area contributed by atoms with Crippen molar-refractivity contribution in [1.82, 2.24) is 14.7 Å². The number of hydroxylamine groups is 1. The zero-order valence-corrected chi connectivity index (χ0v) is 21.5. The minimum Gasteiger partial charge on any atom is -0.444 e. The van der Waals surface area contributed by atoms with Gasteiger partial charge in [0, 0.05) is 32.6 Å². The Morgan fingerprint density at radius 1 is 1.22 bits per heavy atom. The highest BCUT2D eigenvalue weighted by Gasteiger charge is 2.47. The van der Waals surface area contributed by atoms with E-state index >= 15 is 0 Å². The van der Waals surface area contributed by atoms with Crippen molar-refractivity contribution in [2.24, 2.45) is 17.3 Å². The second-order valence-corrected chi connectivity index (χ2v) is 12.3. The fourth-order valence-electron chi connectivity index (χ4n) is 5.81. The highest BCUT2D eigenvalue weighted by Crippen LogP contribution is 2.39. The lowest BCUT2D eigenvalue weighted by Crippen LogP contribution is -2.55. The van der Waals surface area contributed by atoms with E-state index in [4.69, 9.17) is 9.47 Å². The summed E-state index contributed by atoms with van der Waals surface area (Å²) in [4.78, 5) is 26.6. The largest absolute Gasteiger partial charge is 0.444 e. The van der Waals surface area contributed by atoms with Crippen molar-refractivity contribution in [3.8, 4) is 0 Å². The van der Waals surface area contributed by atoms with E-state index in [0.29, 0.717) is 32.5 Å². The number of hydrogen-bond donors (Lipinski definition) is 2. The normalized spacial score (nSPS) is 27.8. The van der Waals surface area contributed by atoms with Crippen molar-refractivity contribution in [3.63, 3.8) is 0 Å². The number of likely N-dealkylation sites (tertiary alicyclic amines) is 1. The molecule has 4 aliphatic rings. The van der Waals surface area contributed by atoms with Crippen LogP contribution in [0.25, 0.3) is 0 Å². The molecule has 3 aliphatic heterocycles. The fraction of sp³-hybridized carbons (Fsp3) is 0.750. The predicted octanol–water partition coefficient (Wildman–Crippen LogP) is 2.36. The first-order valence-electron chi connectivity index (χ1n) is 12.7. The molecule has 3 heterocycles. The topological polar surface area (TPSA) is 125 Å². The number of piperidine rings is 2. The van der Waals surface area contributed by atoms with Crippen LogP contribution in [-0.4, -0.2) is 86.1 Å². The van der Waals surface area contributed by atoms with E-state index in [-0.39, 0.29) is 62.8 Å². The van der Waals surface area contributed by atoms with Crippen LogP contribution < -0.4 is 5.48 Å². The summed E-state index contributed by atoms with van der Waals surface area (Å²) in [6.45, 7) is 3.65. The Labute approximate surface area is 211 Å². The summed E-state index contributed by atoms with van der Waals surface area (Å²) in [6, 6.07) is 0. The molecule has 0 aromatic carbocycles. The Bertz CT molecular complexity index is 993. The predicted molar refractivity (Wildman–Crippen MR) is 128 cm³/mol. The Hall–Kier alpha value is -2.02. The molecule has 3 saturated heterocycles. The lowest BCUT2D eigenvalue weighted by molar-refractivity contribution is -0.141. The van der Waals surface area contributed by atoms with Gasteiger partial charge in [0.25, 0.3) is 5.91 Å². The van der Waals surface area contributed by atoms with Gasteiger partial charge in [-0.15, -0.1) is 0 Å². The van der Waals surface area contributed by atoms with Gasteiger partial charge in [-0.05, 0) is 55.6 Å². The number of amides is 2. The van der Waals surface area contributed by atoms with Crippen molar-refractivity contribution >= 4 is 22.0 Å². The summed E-state index contributed by atoms with van der Waals surface area (Å²) in [7, 11) is -3.85. The second kappa shape index (κ2) is 11.2. The highest BCUT2D eigenvalue weighted by atomic mass is 32.2. The lowest BCUT2D eigenvalue weighted by atomic mass is 9.79. The first-order valence-corrected chi connectivity index (χ1v) is 14.3. The molecule has 2 N–H and O–H groups in total. The number of allylic oxidation sites excluding steroid dienone is 4. The number of ether oxygens (including phenoxy) is 2. The zero-order chi connectivity index (χ0) is 25.9. The molecule has 2 amide bonds. The van der Waals surface area contributed by atoms with E-state index in [1.807, 2.05) is 13.0 Å². The van der Waals surface area contributed by atoms with Crippen molar-refractivity contribution < 1.29 is 37.1 Å². The van der Waals surface area contributed by atoms with Crippen LogP contribution in [0.15, 0.2) is 23.6 Å². The first-order chi connectivity index (χ1) is 17.1. The minimum absolute atomic E-state index is 0.00869. The van der Waals surface area contributed by atoms with Crippen molar-refractivity contribution in [3.05, 3.63) is 23.6 Å². The maximum atomic E-state index is 14.5. The molecular formula is C24H36FN3O7S. The number of nitrogens with one attached hydrogen (secondary N) is 1. The molecule has 3 fully saturated rings. The summed E-state index contributed by atoms with van der Waals surface area (Å²) in [5, 5.41) is 9.38. The molecule has 0 radical (unpaired) electrons. The maximum Gasteiger partial charge on any atom is 0.410 e. The third kappa shape index (κ3) is 5.76. The molecule has 4 rings (SSSR count). The highest BCUT2D eigenvalue weighted by molar-refractivity contribution is 7.89. The van der Waals surface area contributed by atoms with E-state index in [1.165, 1.54) is 15.3 Å². The number of hydrogen-bond acceptors (Lipinski definition) is 7. The average molecular weight is 530 g/mol. The Kier molecular flexibility index (Phi) is 8.38. The summed E-state index contributed by atoms with van der Waals surface area (Å²) in [6.07, 6.45) is 5.10. The molecule has 0 aromatic rings. The molecule has 0 spiro atoms. The summed E-state index contributed by atoms with van der Waals surface area (Å²) in [5.74, 6) is -1.36. The molecule has 0 aromatic heterocycles. The smallest absolute Gasteiger partial charge is 0.410 e. The van der Waals surface area contributed by atoms with Gasteiger partial charge in [-0.3, -0.25) is 10.0 Å². The number of carbonyl (C=O) groups is 2. The molecular weight excluding hydrogens is 493 g/mol. The zero-order valence-electron chi connectivity index (χ0n) is 20.7. The van der Waals surface area contributed by atoms with Crippen LogP contribution in [0.2, 0.25) is 0 Å². The Morgan fingerprint density at radius 3 is 2.50 bits per heavy atom. The average Bonchev–Trinajstić information content (AvgIpc) is 3.37. The van der Waals surface area contributed by atoms with Crippen LogP contribution >= 0.6 is 0 Å². The Balaban J connectivity index is 1.38. The number of halogens is 1. The molecule has 12 heteroatoms. The number of sulfonamides is 1. The lowest BCUT2D eigenvalue weighted by Gasteiger charge is -2.41. The summed E-state index contributed by atoms with van der Waals surface area (Å²) in [5.41, 5.74) is 1.04. The summed E-state index contributed by atoms with van der Waals surface area (Å²) >= 11 is 0. The maximum absolute atomic E-state index is 14.5. The van der Waals surface area contributed by atoms with Gasteiger partial charge in [-0.1, -0.05) is 13.0 Å². The molecule has 202 valence electrons. The molecule has 36 heavy (non-hydrogen) atoms. The summed E-state index contributed by atoms with van der Waals surface area (Å²) < 4.78 is 53.2. The van der Waals surface area contributed by atoms with Crippen LogP contribution in [0.3, 0.4) is 0 Å². The van der Waals surface area contributed by atoms with Gasteiger partial charge < -0.3 is 14.4 Å². The molecule has 1 unspecified atom stereocenters. The van der Waals surface area contributed by atoms with E-state index in [0.717, 1.165) is 12.0 Å². The van der Waals surface area contributed by atoms with Gasteiger partial charge >= 0.3 is 6.09 Å². The molecule has 0 bridgehead atoms. The van der Waals surface area contributed by atoms with E-state index < -0.39 is 33.2 Å². The van der Waals surface area contributed by atoms with Gasteiger partial charge in [0.05, 0.1) is 24.4 Å². The van der Waals surface area contributed by atoms with E-state index in [9.17, 15) is 27.6 Å². The van der Waals surface area contributed by atoms with Crippen LogP contribution in [0, 0.1) is 17.3 Å². The van der Waals surface area contributed by atoms with Crippen molar-refractivity contribution in [2.75, 3.05) is 45.1 Å². The van der Waals surface area contributed by atoms with Crippen LogP contribution in [-0.2, 0) is 24.3 Å². The number of nitrogens with zero attached hydrogens (tertiary/aromatic N) is 2. The minimum atomic E-state index is -3.85. The van der Waals surface area contributed by atoms with Gasteiger partial charge in [-0.25, -0.2) is 27.4 Å². The molecule has 1 aliphatic carbocycles. The van der Waals surface area contributed by atoms with Crippen LogP contribution in [0.4, 0.5) is 9.18 Å². The van der Waals surface area contributed by atoms with E-state index in [1.54, 1.807) is 5.48 Å². The third-order valence-electron chi connectivity index (χ3n) is 8.02. The van der Waals surface area contributed by atoms with Crippen molar-refractivity contribution in [1.29, 1.82) is 0 Å². The van der Waals surface area contributed by atoms with Gasteiger partial charge in [0.2, 0.25) is 10.0 Å². The third-order valence-corrected chi connectivity index (χ3v) is 10.1. The molecule has 2 atom stereocenters. The molecule has 0 saturated carbocycles. The SMILES string of the molecule is CC1CC=CC(F)=C1C1CCN(S(=O)(=O)CC2(C(=O)NO)CCN(C(=O)O[C@H]3CCOC3)CC2)CC1. The van der Waals surface area contributed by atoms with Crippen LogP contribution in [0.5, 0.6) is 0 Å². The quantitative estimate of drug-likeness (QED) is 0.400. The Morgan fingerprint density at radius 2 is 1.92 bits per heavy atom. The standard InChI is InChI=1S/C24H36FN3O7S/c1-17-3-2-4-20(25)21(17)18-5-10-28(11-6-18)36(32,33)16-24(22(29)26-31)8-12-27(13-9-24)23(30)35-19-7-14-34-15-19/h2,4,17-19,31H,3,5-16H2,1H3,(H,26,29)/t17?,19-/m0/s1. The van der Waals surface area contributed by atoms with Gasteiger partial charge in [-0.2, -0.15) is 0 Å². The van der Waals surface area contributed by atoms with E-state index in [2.05, 4.69) is 0 Å². The molecule has 10 nitrogen and oxygen atoms in total. The monoisotopic (exact) mass is 529 g/mol. The number of carbonyl (C=O) groups excluding carboxylic acids is 2. The van der Waals surface area contributed by atoms with Crippen molar-refractivity contribution in [2.45, 2.75) is 51.6 Å². The first kappa shape index (κ1) is 27.0.